The van der Waals surface area contributed by atoms with Crippen molar-refractivity contribution in [1.82, 2.24) is 25.7 Å². The van der Waals surface area contributed by atoms with Crippen molar-refractivity contribution in [2.24, 2.45) is 12.0 Å². The first kappa shape index (κ1) is 22.5. The molecule has 0 spiro atoms. The minimum atomic E-state index is -0.210. The number of aromatic nitrogens is 2. The molecule has 1 aromatic heterocycles. The van der Waals surface area contributed by atoms with Crippen LogP contribution in [0.2, 0.25) is 10.0 Å². The second kappa shape index (κ2) is 11.2. The smallest absolute Gasteiger partial charge is 0.251 e. The molecule has 142 valence electrons. The lowest BCUT2D eigenvalue weighted by atomic mass is 10.2. The largest absolute Gasteiger partial charge is 0.355 e. The summed E-state index contributed by atoms with van der Waals surface area (Å²) in [7, 11) is 3.57. The maximum atomic E-state index is 12.0. The predicted octanol–water partition coefficient (Wildman–Crippen LogP) is 2.44. The average molecular weight is 511 g/mol. The molecule has 26 heavy (non-hydrogen) atoms. The molecule has 0 aliphatic heterocycles. The highest BCUT2D eigenvalue weighted by Gasteiger charge is 2.07. The topological polar surface area (TPSA) is 83.3 Å². The van der Waals surface area contributed by atoms with Crippen LogP contribution in [0.1, 0.15) is 16.1 Å². The van der Waals surface area contributed by atoms with E-state index < -0.39 is 0 Å². The van der Waals surface area contributed by atoms with Crippen LogP contribution in [0.5, 0.6) is 0 Å². The lowest BCUT2D eigenvalue weighted by Gasteiger charge is -2.12. The Kier molecular flexibility index (Phi) is 9.74. The highest BCUT2D eigenvalue weighted by atomic mass is 127. The summed E-state index contributed by atoms with van der Waals surface area (Å²) in [5.74, 6) is 0.434. The van der Waals surface area contributed by atoms with E-state index in [1.54, 1.807) is 36.1 Å². The van der Waals surface area contributed by atoms with Gasteiger partial charge in [0.15, 0.2) is 5.96 Å². The molecule has 0 unspecified atom stereocenters. The number of hydrogen-bond donors (Lipinski definition) is 3. The van der Waals surface area contributed by atoms with Gasteiger partial charge in [-0.2, -0.15) is 5.10 Å². The molecule has 2 rings (SSSR count). The number of aliphatic imine (C=N–C) groups is 1. The Hall–Kier alpha value is -1.52. The Morgan fingerprint density at radius 1 is 1.15 bits per heavy atom. The van der Waals surface area contributed by atoms with Gasteiger partial charge in [0.1, 0.15) is 0 Å². The van der Waals surface area contributed by atoms with E-state index in [9.17, 15) is 4.79 Å². The lowest BCUT2D eigenvalue weighted by molar-refractivity contribution is 0.0954. The van der Waals surface area contributed by atoms with Gasteiger partial charge < -0.3 is 16.0 Å². The standard InChI is InChI=1S/C16H20Cl2N6O.HI/c1-19-16(22-10-12-5-6-23-24(12)2)21-8-7-20-15(25)11-3-4-13(17)14(18)9-11;/h3-6,9H,7-8,10H2,1-2H3,(H,20,25)(H2,19,21,22);1H. The molecule has 0 fully saturated rings. The minimum absolute atomic E-state index is 0. The van der Waals surface area contributed by atoms with Crippen LogP contribution in [-0.4, -0.2) is 41.8 Å². The number of rotatable bonds is 6. The van der Waals surface area contributed by atoms with Crippen LogP contribution in [0, 0.1) is 0 Å². The number of aryl methyl sites for hydroxylation is 1. The molecular weight excluding hydrogens is 490 g/mol. The Bertz CT molecular complexity index is 765. The van der Waals surface area contributed by atoms with E-state index in [0.29, 0.717) is 41.2 Å². The lowest BCUT2D eigenvalue weighted by Crippen LogP contribution is -2.41. The molecule has 0 bridgehead atoms. The Balaban J connectivity index is 0.00000338. The van der Waals surface area contributed by atoms with Gasteiger partial charge in [0.25, 0.3) is 5.91 Å². The van der Waals surface area contributed by atoms with E-state index in [4.69, 9.17) is 23.2 Å². The van der Waals surface area contributed by atoms with Crippen LogP contribution in [0.15, 0.2) is 35.5 Å². The molecule has 1 heterocycles. The SMILES string of the molecule is CN=C(NCCNC(=O)c1ccc(Cl)c(Cl)c1)NCc1ccnn1C.I. The molecule has 0 aliphatic rings. The first-order chi connectivity index (χ1) is 12.0. The number of hydrogen-bond acceptors (Lipinski definition) is 3. The Labute approximate surface area is 179 Å². The van der Waals surface area contributed by atoms with Crippen molar-refractivity contribution in [3.63, 3.8) is 0 Å². The molecule has 2 aromatic rings. The van der Waals surface area contributed by atoms with Crippen LogP contribution < -0.4 is 16.0 Å². The summed E-state index contributed by atoms with van der Waals surface area (Å²) in [6.45, 7) is 1.56. The fourth-order valence-electron chi connectivity index (χ4n) is 2.07. The van der Waals surface area contributed by atoms with Gasteiger partial charge in [-0.3, -0.25) is 14.5 Å². The van der Waals surface area contributed by atoms with Gasteiger partial charge in [-0.25, -0.2) is 0 Å². The zero-order valence-electron chi connectivity index (χ0n) is 14.4. The van der Waals surface area contributed by atoms with Crippen molar-refractivity contribution in [3.05, 3.63) is 51.8 Å². The van der Waals surface area contributed by atoms with Gasteiger partial charge in [-0.1, -0.05) is 23.2 Å². The number of benzene rings is 1. The second-order valence-corrected chi connectivity index (χ2v) is 6.00. The second-order valence-electron chi connectivity index (χ2n) is 5.18. The number of nitrogens with one attached hydrogen (secondary N) is 3. The van der Waals surface area contributed by atoms with Gasteiger partial charge >= 0.3 is 0 Å². The van der Waals surface area contributed by atoms with Crippen molar-refractivity contribution < 1.29 is 4.79 Å². The fourth-order valence-corrected chi connectivity index (χ4v) is 2.36. The number of carbonyl (C=O) groups excluding carboxylic acids is 1. The van der Waals surface area contributed by atoms with Crippen LogP contribution in [0.4, 0.5) is 0 Å². The molecule has 1 aromatic carbocycles. The zero-order chi connectivity index (χ0) is 18.2. The molecule has 7 nitrogen and oxygen atoms in total. The maximum Gasteiger partial charge on any atom is 0.251 e. The summed E-state index contributed by atoms with van der Waals surface area (Å²) in [6.07, 6.45) is 1.74. The molecule has 0 aliphatic carbocycles. The molecule has 0 saturated heterocycles. The van der Waals surface area contributed by atoms with Gasteiger partial charge in [0, 0.05) is 38.9 Å². The summed E-state index contributed by atoms with van der Waals surface area (Å²) in [5, 5.41) is 14.0. The first-order valence-corrected chi connectivity index (χ1v) is 8.41. The van der Waals surface area contributed by atoms with Gasteiger partial charge in [-0.15, -0.1) is 24.0 Å². The molecule has 0 saturated carbocycles. The minimum Gasteiger partial charge on any atom is -0.355 e. The van der Waals surface area contributed by atoms with Gasteiger partial charge in [0.05, 0.1) is 22.3 Å². The van der Waals surface area contributed by atoms with E-state index >= 15 is 0 Å². The highest BCUT2D eigenvalue weighted by molar-refractivity contribution is 14.0. The number of carbonyl (C=O) groups is 1. The van der Waals surface area contributed by atoms with E-state index in [1.165, 1.54) is 0 Å². The first-order valence-electron chi connectivity index (χ1n) is 7.66. The normalized spacial score (nSPS) is 10.8. The summed E-state index contributed by atoms with van der Waals surface area (Å²) >= 11 is 11.8. The maximum absolute atomic E-state index is 12.0. The van der Waals surface area contributed by atoms with Crippen LogP contribution >= 0.6 is 47.2 Å². The quantitative estimate of drug-likeness (QED) is 0.241. The number of nitrogens with zero attached hydrogens (tertiary/aromatic N) is 3. The molecule has 10 heteroatoms. The summed E-state index contributed by atoms with van der Waals surface area (Å²) in [6, 6.07) is 6.70. The van der Waals surface area contributed by atoms with Gasteiger partial charge in [-0.05, 0) is 24.3 Å². The molecule has 0 atom stereocenters. The predicted molar refractivity (Wildman–Crippen MR) is 116 cm³/mol. The van der Waals surface area contributed by atoms with Crippen molar-refractivity contribution in [3.8, 4) is 0 Å². The Morgan fingerprint density at radius 3 is 2.50 bits per heavy atom. The van der Waals surface area contributed by atoms with Crippen LogP contribution in [0.25, 0.3) is 0 Å². The summed E-state index contributed by atoms with van der Waals surface area (Å²) < 4.78 is 1.79. The van der Waals surface area contributed by atoms with Crippen molar-refractivity contribution >= 4 is 59.0 Å². The third kappa shape index (κ3) is 6.65. The van der Waals surface area contributed by atoms with E-state index in [-0.39, 0.29) is 29.9 Å². The number of amides is 1. The van der Waals surface area contributed by atoms with Crippen molar-refractivity contribution in [1.29, 1.82) is 0 Å². The van der Waals surface area contributed by atoms with E-state index in [1.807, 2.05) is 13.1 Å². The molecule has 1 amide bonds. The fraction of sp³-hybridized carbons (Fsp3) is 0.312. The molecule has 0 radical (unpaired) electrons. The average Bonchev–Trinajstić information content (AvgIpc) is 3.01. The zero-order valence-corrected chi connectivity index (χ0v) is 18.3. The molecule has 3 N–H and O–H groups in total. The van der Waals surface area contributed by atoms with E-state index in [0.717, 1.165) is 5.69 Å². The summed E-state index contributed by atoms with van der Waals surface area (Å²) in [4.78, 5) is 16.2. The van der Waals surface area contributed by atoms with E-state index in [2.05, 4.69) is 26.0 Å². The number of halogens is 3. The molecular formula is C16H21Cl2IN6O. The summed E-state index contributed by atoms with van der Waals surface area (Å²) in [5.41, 5.74) is 1.50. The van der Waals surface area contributed by atoms with Crippen LogP contribution in [0.3, 0.4) is 0 Å². The van der Waals surface area contributed by atoms with Crippen molar-refractivity contribution in [2.45, 2.75) is 6.54 Å². The van der Waals surface area contributed by atoms with Crippen LogP contribution in [-0.2, 0) is 13.6 Å². The Morgan fingerprint density at radius 2 is 1.88 bits per heavy atom. The van der Waals surface area contributed by atoms with Gasteiger partial charge in [0.2, 0.25) is 0 Å². The third-order valence-corrected chi connectivity index (χ3v) is 4.21. The van der Waals surface area contributed by atoms with Crippen molar-refractivity contribution in [2.75, 3.05) is 20.1 Å². The number of guanidine groups is 1. The monoisotopic (exact) mass is 510 g/mol. The third-order valence-electron chi connectivity index (χ3n) is 3.47. The highest BCUT2D eigenvalue weighted by Crippen LogP contribution is 2.22.